The van der Waals surface area contributed by atoms with Crippen molar-refractivity contribution in [3.63, 3.8) is 0 Å². The number of imidazole rings is 1. The number of amides is 2. The Morgan fingerprint density at radius 1 is 1.12 bits per heavy atom. The third kappa shape index (κ3) is 4.70. The van der Waals surface area contributed by atoms with E-state index in [0.29, 0.717) is 11.2 Å². The molecule has 3 saturated carbocycles. The number of aromatic amines is 1. The quantitative estimate of drug-likeness (QED) is 0.587. The van der Waals surface area contributed by atoms with Crippen LogP contribution in [0.25, 0.3) is 11.3 Å². The second kappa shape index (κ2) is 9.80. The summed E-state index contributed by atoms with van der Waals surface area (Å²) in [6.45, 7) is 5.71. The number of alkyl carbamates (subject to hydrolysis) is 1. The Kier molecular flexibility index (Phi) is 7.01. The minimum Gasteiger partial charge on any atom is -0.453 e. The summed E-state index contributed by atoms with van der Waals surface area (Å²) in [7, 11) is 3.02. The highest BCUT2D eigenvalue weighted by atomic mass is 16.5. The maximum absolute atomic E-state index is 13.1. The Balaban J connectivity index is 1.46. The first kappa shape index (κ1) is 24.3. The molecule has 34 heavy (non-hydrogen) atoms. The number of hydrogen-bond acceptors (Lipinski definition) is 4. The van der Waals surface area contributed by atoms with Gasteiger partial charge in [-0.15, -0.1) is 0 Å². The van der Waals surface area contributed by atoms with Gasteiger partial charge in [0.25, 0.3) is 0 Å². The second-order valence-electron chi connectivity index (χ2n) is 10.5. The molecule has 0 aliphatic heterocycles. The van der Waals surface area contributed by atoms with E-state index in [1.165, 1.54) is 51.2 Å². The van der Waals surface area contributed by atoms with Gasteiger partial charge in [-0.25, -0.2) is 9.78 Å². The number of hydrogen-bond donors (Lipinski definition) is 2. The van der Waals surface area contributed by atoms with Gasteiger partial charge in [-0.1, -0.05) is 38.1 Å². The summed E-state index contributed by atoms with van der Waals surface area (Å²) < 4.78 is 4.68. The van der Waals surface area contributed by atoms with Gasteiger partial charge in [-0.2, -0.15) is 0 Å². The van der Waals surface area contributed by atoms with Gasteiger partial charge in [0, 0.05) is 7.05 Å². The molecule has 0 spiro atoms. The number of nitrogens with one attached hydrogen (secondary N) is 2. The average Bonchev–Trinajstić information content (AvgIpc) is 3.37. The van der Waals surface area contributed by atoms with E-state index in [1.54, 1.807) is 11.9 Å². The molecule has 3 aliphatic rings. The van der Waals surface area contributed by atoms with Crippen LogP contribution >= 0.6 is 0 Å². The van der Waals surface area contributed by atoms with Crippen molar-refractivity contribution in [2.24, 2.45) is 11.8 Å². The number of carbonyl (C=O) groups is 2. The summed E-state index contributed by atoms with van der Waals surface area (Å²) in [5.41, 5.74) is 3.89. The Morgan fingerprint density at radius 3 is 2.29 bits per heavy atom. The van der Waals surface area contributed by atoms with Crippen molar-refractivity contribution in [2.45, 2.75) is 76.8 Å². The summed E-state index contributed by atoms with van der Waals surface area (Å²) >= 11 is 0. The van der Waals surface area contributed by atoms with Gasteiger partial charge in [0.1, 0.15) is 11.9 Å². The molecule has 3 fully saturated rings. The fourth-order valence-corrected chi connectivity index (χ4v) is 5.67. The number of H-pyrrole nitrogens is 1. The number of aromatic nitrogens is 2. The first-order chi connectivity index (χ1) is 16.2. The van der Waals surface area contributed by atoms with Crippen LogP contribution in [0.3, 0.4) is 0 Å². The molecular weight excluding hydrogens is 428 g/mol. The number of benzene rings is 1. The number of carbonyl (C=O) groups excluding carboxylic acids is 2. The predicted octanol–water partition coefficient (Wildman–Crippen LogP) is 5.20. The number of ether oxygens (including phenoxy) is 1. The zero-order chi connectivity index (χ0) is 24.5. The fourth-order valence-electron chi connectivity index (χ4n) is 5.67. The van der Waals surface area contributed by atoms with Crippen LogP contribution in [0.1, 0.15) is 76.7 Å². The lowest BCUT2D eigenvalue weighted by molar-refractivity contribution is -0.135. The molecule has 7 nitrogen and oxygen atoms in total. The summed E-state index contributed by atoms with van der Waals surface area (Å²) in [4.78, 5) is 34.4. The van der Waals surface area contributed by atoms with Gasteiger partial charge < -0.3 is 19.9 Å². The average molecular weight is 467 g/mol. The normalized spacial score (nSPS) is 23.4. The van der Waals surface area contributed by atoms with Crippen LogP contribution < -0.4 is 5.32 Å². The fraction of sp³-hybridized carbons (Fsp3) is 0.593. The molecule has 0 radical (unpaired) electrons. The highest BCUT2D eigenvalue weighted by Crippen LogP contribution is 2.51. The van der Waals surface area contributed by atoms with Crippen LogP contribution in [-0.2, 0) is 14.9 Å². The lowest BCUT2D eigenvalue weighted by Gasteiger charge is -2.47. The van der Waals surface area contributed by atoms with E-state index in [2.05, 4.69) is 44.3 Å². The van der Waals surface area contributed by atoms with Crippen LogP contribution in [-0.4, -0.2) is 47.1 Å². The maximum Gasteiger partial charge on any atom is 0.407 e. The van der Waals surface area contributed by atoms with E-state index >= 15 is 0 Å². The molecule has 0 saturated heterocycles. The molecule has 3 aliphatic carbocycles. The van der Waals surface area contributed by atoms with Gasteiger partial charge in [-0.3, -0.25) is 4.79 Å². The van der Waals surface area contributed by atoms with E-state index in [0.717, 1.165) is 17.2 Å². The zero-order valence-electron chi connectivity index (χ0n) is 21.1. The minimum absolute atomic E-state index is 0.0781. The number of nitrogens with zero attached hydrogens (tertiary/aromatic N) is 2. The van der Waals surface area contributed by atoms with Crippen LogP contribution in [0, 0.1) is 11.8 Å². The van der Waals surface area contributed by atoms with Crippen molar-refractivity contribution < 1.29 is 14.3 Å². The van der Waals surface area contributed by atoms with Gasteiger partial charge in [-0.05, 0) is 73.8 Å². The molecule has 184 valence electrons. The van der Waals surface area contributed by atoms with Gasteiger partial charge in [0.2, 0.25) is 5.91 Å². The van der Waals surface area contributed by atoms with Crippen molar-refractivity contribution in [1.29, 1.82) is 0 Å². The SMILES string of the molecule is COC(=O)N[C@H](C(=O)N(C)[C@H](C)c1ncc(-c2ccc(C34CCC(CC3)CC4)cc2)[nH]1)C(C)C. The van der Waals surface area contributed by atoms with Crippen molar-refractivity contribution in [2.75, 3.05) is 14.2 Å². The monoisotopic (exact) mass is 466 g/mol. The molecule has 2 N–H and O–H groups in total. The van der Waals surface area contributed by atoms with Crippen LogP contribution in [0.15, 0.2) is 30.5 Å². The van der Waals surface area contributed by atoms with Crippen molar-refractivity contribution >= 4 is 12.0 Å². The molecule has 1 aromatic heterocycles. The number of rotatable bonds is 7. The molecule has 0 unspecified atom stereocenters. The van der Waals surface area contributed by atoms with Crippen molar-refractivity contribution in [3.8, 4) is 11.3 Å². The Morgan fingerprint density at radius 2 is 1.74 bits per heavy atom. The van der Waals surface area contributed by atoms with Crippen LogP contribution in [0.4, 0.5) is 4.79 Å². The largest absolute Gasteiger partial charge is 0.453 e. The first-order valence-corrected chi connectivity index (χ1v) is 12.5. The maximum atomic E-state index is 13.1. The molecule has 2 aromatic rings. The Labute approximate surface area is 202 Å². The molecule has 2 bridgehead atoms. The third-order valence-corrected chi connectivity index (χ3v) is 8.21. The van der Waals surface area contributed by atoms with Gasteiger partial charge in [0.05, 0.1) is 25.0 Å². The number of fused-ring (bicyclic) bond motifs is 3. The van der Waals surface area contributed by atoms with E-state index in [-0.39, 0.29) is 17.9 Å². The topological polar surface area (TPSA) is 87.3 Å². The van der Waals surface area contributed by atoms with E-state index in [1.807, 2.05) is 27.0 Å². The molecule has 1 aromatic carbocycles. The summed E-state index contributed by atoms with van der Waals surface area (Å²) in [6, 6.07) is 8.03. The summed E-state index contributed by atoms with van der Waals surface area (Å²) in [6.07, 6.45) is 9.32. The molecule has 7 heteroatoms. The van der Waals surface area contributed by atoms with Crippen molar-refractivity contribution in [1.82, 2.24) is 20.2 Å². The summed E-state index contributed by atoms with van der Waals surface area (Å²) in [5.74, 6) is 1.41. The number of likely N-dealkylation sites (N-methyl/N-ethyl adjacent to an activating group) is 1. The second-order valence-corrected chi connectivity index (χ2v) is 10.5. The van der Waals surface area contributed by atoms with Gasteiger partial charge in [0.15, 0.2) is 0 Å². The highest BCUT2D eigenvalue weighted by Gasteiger charge is 2.41. The molecule has 1 heterocycles. The lowest BCUT2D eigenvalue weighted by Crippen LogP contribution is -2.50. The first-order valence-electron chi connectivity index (χ1n) is 12.5. The van der Waals surface area contributed by atoms with E-state index in [9.17, 15) is 9.59 Å². The summed E-state index contributed by atoms with van der Waals surface area (Å²) in [5, 5.41) is 2.64. The zero-order valence-corrected chi connectivity index (χ0v) is 21.1. The smallest absolute Gasteiger partial charge is 0.407 e. The molecular formula is C27H38N4O3. The third-order valence-electron chi connectivity index (χ3n) is 8.21. The predicted molar refractivity (Wildman–Crippen MR) is 132 cm³/mol. The van der Waals surface area contributed by atoms with Crippen molar-refractivity contribution in [3.05, 3.63) is 41.9 Å². The Bertz CT molecular complexity index is 991. The Hall–Kier alpha value is -2.83. The standard InChI is InChI=1S/C27H38N4O3/c1-17(2)23(30-26(33)34-5)25(32)31(4)18(3)24-28-16-22(29-24)20-6-8-21(9-7-20)27-13-10-19(11-14-27)12-15-27/h6-9,16-19,23H,10-15H2,1-5H3,(H,28,29)(H,30,33)/t18-,19?,23+,27?/m1/s1. The molecule has 5 rings (SSSR count). The van der Waals surface area contributed by atoms with Gasteiger partial charge >= 0.3 is 6.09 Å². The lowest BCUT2D eigenvalue weighted by atomic mass is 9.58. The van der Waals surface area contributed by atoms with Crippen LogP contribution in [0.2, 0.25) is 0 Å². The van der Waals surface area contributed by atoms with E-state index in [4.69, 9.17) is 0 Å². The minimum atomic E-state index is -0.670. The molecule has 2 amide bonds. The van der Waals surface area contributed by atoms with E-state index < -0.39 is 12.1 Å². The number of methoxy groups -OCH3 is 1. The highest BCUT2D eigenvalue weighted by molar-refractivity contribution is 5.86. The molecule has 2 atom stereocenters. The van der Waals surface area contributed by atoms with Crippen LogP contribution in [0.5, 0.6) is 0 Å².